The van der Waals surface area contributed by atoms with Crippen molar-refractivity contribution in [1.82, 2.24) is 0 Å². The van der Waals surface area contributed by atoms with Gasteiger partial charge < -0.3 is 0 Å². The van der Waals surface area contributed by atoms with Gasteiger partial charge >= 0.3 is 0 Å². The maximum absolute atomic E-state index is 12.3. The number of para-hydroxylation sites is 2. The Morgan fingerprint density at radius 2 is 1.76 bits per heavy atom. The van der Waals surface area contributed by atoms with Crippen LogP contribution in [0.1, 0.15) is 0 Å². The number of rotatable bonds is 4. The van der Waals surface area contributed by atoms with Gasteiger partial charge in [-0.1, -0.05) is 35.3 Å². The van der Waals surface area contributed by atoms with Gasteiger partial charge in [-0.05, 0) is 24.3 Å². The molecule has 9 heteroatoms. The lowest BCUT2D eigenvalue weighted by molar-refractivity contribution is -0.383. The van der Waals surface area contributed by atoms with Crippen LogP contribution in [-0.4, -0.2) is 13.3 Å². The summed E-state index contributed by atoms with van der Waals surface area (Å²) < 4.78 is 26.7. The Balaban J connectivity index is 2.48. The van der Waals surface area contributed by atoms with Crippen LogP contribution in [0.4, 0.5) is 11.4 Å². The maximum Gasteiger partial charge on any atom is 0.293 e. The Hall–Kier alpha value is -1.83. The first kappa shape index (κ1) is 15.6. The summed E-state index contributed by atoms with van der Waals surface area (Å²) >= 11 is 11.6. The van der Waals surface area contributed by atoms with Gasteiger partial charge in [0.05, 0.1) is 9.95 Å². The van der Waals surface area contributed by atoms with E-state index in [9.17, 15) is 18.5 Å². The molecule has 2 aromatic rings. The van der Waals surface area contributed by atoms with Gasteiger partial charge in [0.25, 0.3) is 15.7 Å². The van der Waals surface area contributed by atoms with Crippen LogP contribution in [0.2, 0.25) is 10.0 Å². The van der Waals surface area contributed by atoms with Crippen LogP contribution in [0.15, 0.2) is 47.4 Å². The topological polar surface area (TPSA) is 89.3 Å². The number of anilines is 1. The molecule has 0 aromatic heterocycles. The third-order valence-electron chi connectivity index (χ3n) is 2.53. The molecule has 0 aliphatic heterocycles. The molecule has 0 aliphatic carbocycles. The molecule has 0 radical (unpaired) electrons. The SMILES string of the molecule is O=[N+]([O-])c1ccccc1NS(=O)(=O)c1cc(Cl)ccc1Cl. The average molecular weight is 347 g/mol. The molecule has 2 rings (SSSR count). The molecule has 0 unspecified atom stereocenters. The summed E-state index contributed by atoms with van der Waals surface area (Å²) in [6.45, 7) is 0. The smallest absolute Gasteiger partial charge is 0.273 e. The zero-order valence-electron chi connectivity index (χ0n) is 10.3. The highest BCUT2D eigenvalue weighted by atomic mass is 35.5. The summed E-state index contributed by atoms with van der Waals surface area (Å²) in [6, 6.07) is 9.32. The molecule has 110 valence electrons. The number of sulfonamides is 1. The number of nitro benzene ring substituents is 1. The van der Waals surface area contributed by atoms with E-state index in [4.69, 9.17) is 23.2 Å². The van der Waals surface area contributed by atoms with E-state index in [1.807, 2.05) is 0 Å². The Kier molecular flexibility index (Phi) is 4.36. The number of hydrogen-bond donors (Lipinski definition) is 1. The van der Waals surface area contributed by atoms with E-state index in [1.165, 1.54) is 42.5 Å². The second kappa shape index (κ2) is 5.88. The van der Waals surface area contributed by atoms with Crippen LogP contribution in [0.3, 0.4) is 0 Å². The molecule has 21 heavy (non-hydrogen) atoms. The summed E-state index contributed by atoms with van der Waals surface area (Å²) in [7, 11) is -4.09. The van der Waals surface area contributed by atoms with Gasteiger partial charge in [-0.15, -0.1) is 0 Å². The lowest BCUT2D eigenvalue weighted by atomic mass is 10.3. The molecule has 0 bridgehead atoms. The van der Waals surface area contributed by atoms with Crippen molar-refractivity contribution < 1.29 is 13.3 Å². The van der Waals surface area contributed by atoms with E-state index in [2.05, 4.69) is 4.72 Å². The van der Waals surface area contributed by atoms with Crippen LogP contribution >= 0.6 is 23.2 Å². The molecular formula is C12H8Cl2N2O4S. The molecule has 0 saturated carbocycles. The molecule has 0 amide bonds. The van der Waals surface area contributed by atoms with Crippen LogP contribution in [-0.2, 0) is 10.0 Å². The molecule has 0 fully saturated rings. The molecule has 0 aliphatic rings. The largest absolute Gasteiger partial charge is 0.293 e. The van der Waals surface area contributed by atoms with E-state index >= 15 is 0 Å². The molecule has 0 saturated heterocycles. The fraction of sp³-hybridized carbons (Fsp3) is 0. The summed E-state index contributed by atoms with van der Waals surface area (Å²) in [6.07, 6.45) is 0. The highest BCUT2D eigenvalue weighted by Gasteiger charge is 2.22. The van der Waals surface area contributed by atoms with E-state index in [0.717, 1.165) is 0 Å². The van der Waals surface area contributed by atoms with Crippen molar-refractivity contribution in [2.75, 3.05) is 4.72 Å². The van der Waals surface area contributed by atoms with Gasteiger partial charge in [-0.25, -0.2) is 8.42 Å². The Morgan fingerprint density at radius 1 is 1.10 bits per heavy atom. The lowest BCUT2D eigenvalue weighted by Gasteiger charge is -2.10. The first-order valence-corrected chi connectivity index (χ1v) is 7.76. The number of halogens is 2. The minimum absolute atomic E-state index is 0.0366. The number of hydrogen-bond acceptors (Lipinski definition) is 4. The van der Waals surface area contributed by atoms with Crippen LogP contribution in [0.25, 0.3) is 0 Å². The van der Waals surface area contributed by atoms with Crippen molar-refractivity contribution in [1.29, 1.82) is 0 Å². The first-order valence-electron chi connectivity index (χ1n) is 5.52. The number of nitro groups is 1. The molecule has 2 aromatic carbocycles. The highest BCUT2D eigenvalue weighted by molar-refractivity contribution is 7.92. The second-order valence-corrected chi connectivity index (χ2v) is 6.45. The standard InChI is InChI=1S/C12H8Cl2N2O4S/c13-8-5-6-9(14)12(7-8)21(19,20)15-10-3-1-2-4-11(10)16(17)18/h1-7,15H. The van der Waals surface area contributed by atoms with Gasteiger partial charge in [0.1, 0.15) is 10.6 Å². The summed E-state index contributed by atoms with van der Waals surface area (Å²) in [5.41, 5.74) is -0.516. The van der Waals surface area contributed by atoms with E-state index in [1.54, 1.807) is 0 Å². The number of nitrogens with zero attached hydrogens (tertiary/aromatic N) is 1. The van der Waals surface area contributed by atoms with E-state index in [0.29, 0.717) is 0 Å². The van der Waals surface area contributed by atoms with Gasteiger partial charge in [-0.2, -0.15) is 0 Å². The van der Waals surface area contributed by atoms with Crippen molar-refractivity contribution >= 4 is 44.6 Å². The molecule has 0 spiro atoms. The van der Waals surface area contributed by atoms with Crippen LogP contribution < -0.4 is 4.72 Å². The Morgan fingerprint density at radius 3 is 2.43 bits per heavy atom. The van der Waals surface area contributed by atoms with Crippen molar-refractivity contribution in [3.63, 3.8) is 0 Å². The molecule has 0 atom stereocenters. The normalized spacial score (nSPS) is 11.1. The fourth-order valence-electron chi connectivity index (χ4n) is 1.60. The monoisotopic (exact) mass is 346 g/mol. The molecular weight excluding hydrogens is 339 g/mol. The summed E-state index contributed by atoms with van der Waals surface area (Å²) in [5.74, 6) is 0. The number of benzene rings is 2. The average Bonchev–Trinajstić information content (AvgIpc) is 2.41. The fourth-order valence-corrected chi connectivity index (χ4v) is 3.44. The van der Waals surface area contributed by atoms with Gasteiger partial charge in [-0.3, -0.25) is 14.8 Å². The summed E-state index contributed by atoms with van der Waals surface area (Å²) in [5, 5.41) is 11.0. The van der Waals surface area contributed by atoms with Crippen molar-refractivity contribution in [2.45, 2.75) is 4.90 Å². The number of nitrogens with one attached hydrogen (secondary N) is 1. The maximum atomic E-state index is 12.3. The molecule has 1 N–H and O–H groups in total. The first-order chi connectivity index (χ1) is 9.81. The minimum Gasteiger partial charge on any atom is -0.273 e. The second-order valence-electron chi connectivity index (χ2n) is 3.95. The van der Waals surface area contributed by atoms with Gasteiger partial charge in [0.2, 0.25) is 0 Å². The van der Waals surface area contributed by atoms with Gasteiger partial charge in [0.15, 0.2) is 0 Å². The van der Waals surface area contributed by atoms with Crippen molar-refractivity contribution in [3.8, 4) is 0 Å². The quantitative estimate of drug-likeness (QED) is 0.674. The van der Waals surface area contributed by atoms with Crippen LogP contribution in [0, 0.1) is 10.1 Å². The van der Waals surface area contributed by atoms with Gasteiger partial charge in [0, 0.05) is 11.1 Å². The molecule has 6 nitrogen and oxygen atoms in total. The Bertz CT molecular complexity index is 809. The zero-order valence-corrected chi connectivity index (χ0v) is 12.6. The lowest BCUT2D eigenvalue weighted by Crippen LogP contribution is -2.14. The van der Waals surface area contributed by atoms with Crippen LogP contribution in [0.5, 0.6) is 0 Å². The van der Waals surface area contributed by atoms with Crippen molar-refractivity contribution in [2.24, 2.45) is 0 Å². The van der Waals surface area contributed by atoms with E-state index < -0.39 is 14.9 Å². The van der Waals surface area contributed by atoms with Crippen molar-refractivity contribution in [3.05, 3.63) is 62.6 Å². The third-order valence-corrected chi connectivity index (χ3v) is 4.61. The predicted octanol–water partition coefficient (Wildman–Crippen LogP) is 3.70. The third kappa shape index (κ3) is 3.44. The predicted molar refractivity (Wildman–Crippen MR) is 80.4 cm³/mol. The minimum atomic E-state index is -4.09. The zero-order chi connectivity index (χ0) is 15.6. The molecule has 0 heterocycles. The summed E-state index contributed by atoms with van der Waals surface area (Å²) in [4.78, 5) is 9.95. The highest BCUT2D eigenvalue weighted by Crippen LogP contribution is 2.30. The van der Waals surface area contributed by atoms with E-state index in [-0.39, 0.29) is 26.3 Å². The Labute approximate surface area is 130 Å².